The van der Waals surface area contributed by atoms with Crippen molar-refractivity contribution in [3.05, 3.63) is 68.5 Å². The molecule has 0 fully saturated rings. The molecule has 10 heteroatoms. The van der Waals surface area contributed by atoms with Crippen molar-refractivity contribution >= 4 is 62.4 Å². The number of rotatable bonds is 8. The molecule has 0 aliphatic carbocycles. The van der Waals surface area contributed by atoms with Crippen LogP contribution in [0.3, 0.4) is 0 Å². The summed E-state index contributed by atoms with van der Waals surface area (Å²) in [5, 5.41) is 18.9. The molecule has 0 unspecified atom stereocenters. The summed E-state index contributed by atoms with van der Waals surface area (Å²) in [4.78, 5) is 36.8. The number of carboxylic acids is 2. The summed E-state index contributed by atoms with van der Waals surface area (Å²) in [6, 6.07) is 14.2. The van der Waals surface area contributed by atoms with Crippen molar-refractivity contribution in [2.45, 2.75) is 13.5 Å². The number of nitrogens with zero attached hydrogens (tertiary/aromatic N) is 1. The van der Waals surface area contributed by atoms with Crippen molar-refractivity contribution in [1.29, 1.82) is 0 Å². The first-order valence-electron chi connectivity index (χ1n) is 9.20. The van der Waals surface area contributed by atoms with Gasteiger partial charge in [-0.1, -0.05) is 29.8 Å². The van der Waals surface area contributed by atoms with E-state index in [1.165, 1.54) is 6.92 Å². The highest BCUT2D eigenvalue weighted by atomic mass is 79.9. The first-order valence-corrected chi connectivity index (χ1v) is 11.2. The highest BCUT2D eigenvalue weighted by Crippen LogP contribution is 2.45. The zero-order valence-electron chi connectivity index (χ0n) is 16.7. The summed E-state index contributed by atoms with van der Waals surface area (Å²) in [7, 11) is 0. The van der Waals surface area contributed by atoms with Crippen molar-refractivity contribution in [3.8, 4) is 16.2 Å². The number of amides is 1. The van der Waals surface area contributed by atoms with Crippen molar-refractivity contribution in [2.75, 3.05) is 11.5 Å². The Morgan fingerprint density at radius 1 is 1.12 bits per heavy atom. The molecule has 3 rings (SSSR count). The molecule has 0 aliphatic heterocycles. The molecule has 1 aromatic heterocycles. The zero-order chi connectivity index (χ0) is 23.4. The SMILES string of the molecule is CC(=O)N(Cc1cccc(-c2sc(C(=O)O)c(OCC(=O)O)c2Br)c1)c1ccc(Cl)cc1. The van der Waals surface area contributed by atoms with Crippen LogP contribution in [-0.2, 0) is 16.1 Å². The number of hydrogen-bond donors (Lipinski definition) is 2. The van der Waals surface area contributed by atoms with Gasteiger partial charge in [0.25, 0.3) is 0 Å². The Bertz CT molecular complexity index is 1180. The minimum atomic E-state index is -1.22. The molecule has 32 heavy (non-hydrogen) atoms. The molecule has 3 aromatic rings. The van der Waals surface area contributed by atoms with Gasteiger partial charge in [-0.15, -0.1) is 11.3 Å². The van der Waals surface area contributed by atoms with Gasteiger partial charge < -0.3 is 19.8 Å². The fourth-order valence-electron chi connectivity index (χ4n) is 2.98. The lowest BCUT2D eigenvalue weighted by molar-refractivity contribution is -0.139. The van der Waals surface area contributed by atoms with Crippen molar-refractivity contribution in [2.24, 2.45) is 0 Å². The topological polar surface area (TPSA) is 104 Å². The van der Waals surface area contributed by atoms with Crippen LogP contribution in [0.5, 0.6) is 5.75 Å². The number of benzene rings is 2. The highest BCUT2D eigenvalue weighted by molar-refractivity contribution is 9.10. The molecule has 0 atom stereocenters. The Hall–Kier alpha value is -2.88. The lowest BCUT2D eigenvalue weighted by Crippen LogP contribution is -2.27. The molecule has 0 spiro atoms. The van der Waals surface area contributed by atoms with Gasteiger partial charge in [-0.2, -0.15) is 0 Å². The number of aromatic carboxylic acids is 1. The molecule has 0 saturated carbocycles. The summed E-state index contributed by atoms with van der Waals surface area (Å²) in [6.07, 6.45) is 0. The predicted molar refractivity (Wildman–Crippen MR) is 126 cm³/mol. The smallest absolute Gasteiger partial charge is 0.349 e. The number of carbonyl (C=O) groups excluding carboxylic acids is 1. The summed E-state index contributed by atoms with van der Waals surface area (Å²) in [5.74, 6) is -2.61. The number of hydrogen-bond acceptors (Lipinski definition) is 5. The summed E-state index contributed by atoms with van der Waals surface area (Å²) in [6.45, 7) is 1.10. The third-order valence-corrected chi connectivity index (χ3v) is 6.87. The molecule has 0 saturated heterocycles. The minimum Gasteiger partial charge on any atom is -0.479 e. The average Bonchev–Trinajstić information content (AvgIpc) is 3.08. The van der Waals surface area contributed by atoms with E-state index in [4.69, 9.17) is 21.4 Å². The normalized spacial score (nSPS) is 10.6. The van der Waals surface area contributed by atoms with Crippen LogP contribution in [-0.4, -0.2) is 34.7 Å². The van der Waals surface area contributed by atoms with Gasteiger partial charge >= 0.3 is 11.9 Å². The molecule has 0 bridgehead atoms. The number of carboxylic acid groups (broad SMARTS) is 2. The van der Waals surface area contributed by atoms with E-state index in [0.717, 1.165) is 16.9 Å². The summed E-state index contributed by atoms with van der Waals surface area (Å²) >= 11 is 10.3. The third-order valence-electron chi connectivity index (χ3n) is 4.39. The van der Waals surface area contributed by atoms with Gasteiger partial charge in [-0.05, 0) is 57.4 Å². The molecule has 0 radical (unpaired) electrons. The number of anilines is 1. The van der Waals surface area contributed by atoms with E-state index in [1.54, 1.807) is 41.3 Å². The molecule has 2 N–H and O–H groups in total. The van der Waals surface area contributed by atoms with Gasteiger partial charge in [0, 0.05) is 17.6 Å². The molecule has 2 aromatic carbocycles. The van der Waals surface area contributed by atoms with E-state index in [-0.39, 0.29) is 16.5 Å². The standard InChI is InChI=1S/C22H17BrClNO6S/c1-12(26)25(16-7-5-15(24)6-8-16)10-13-3-2-4-14(9-13)20-18(23)19(31-11-17(27)28)21(32-20)22(29)30/h2-9H,10-11H2,1H3,(H,27,28)(H,29,30). The van der Waals surface area contributed by atoms with Crippen LogP contribution in [0.2, 0.25) is 5.02 Å². The number of carbonyl (C=O) groups is 3. The Labute approximate surface area is 200 Å². The first kappa shape index (κ1) is 23.8. The van der Waals surface area contributed by atoms with Crippen LogP contribution >= 0.6 is 38.9 Å². The second-order valence-electron chi connectivity index (χ2n) is 6.67. The fraction of sp³-hybridized carbons (Fsp3) is 0.136. The Morgan fingerprint density at radius 3 is 2.41 bits per heavy atom. The van der Waals surface area contributed by atoms with Gasteiger partial charge in [0.1, 0.15) is 0 Å². The van der Waals surface area contributed by atoms with Gasteiger partial charge in [0.2, 0.25) is 5.91 Å². The van der Waals surface area contributed by atoms with Crippen molar-refractivity contribution < 1.29 is 29.3 Å². The molecule has 1 amide bonds. The summed E-state index contributed by atoms with van der Waals surface area (Å²) < 4.78 is 5.57. The Balaban J connectivity index is 1.95. The Kier molecular flexibility index (Phi) is 7.55. The third kappa shape index (κ3) is 5.48. The maximum Gasteiger partial charge on any atom is 0.349 e. The second kappa shape index (κ2) is 10.2. The van der Waals surface area contributed by atoms with E-state index in [2.05, 4.69) is 15.9 Å². The van der Waals surface area contributed by atoms with Crippen LogP contribution in [0, 0.1) is 0 Å². The molecule has 0 aliphatic rings. The number of ether oxygens (including phenoxy) is 1. The van der Waals surface area contributed by atoms with Crippen LogP contribution in [0.15, 0.2) is 53.0 Å². The van der Waals surface area contributed by atoms with Crippen LogP contribution in [0.4, 0.5) is 5.69 Å². The lowest BCUT2D eigenvalue weighted by atomic mass is 10.1. The first-order chi connectivity index (χ1) is 15.2. The maximum atomic E-state index is 12.3. The number of thiophene rings is 1. The highest BCUT2D eigenvalue weighted by Gasteiger charge is 2.24. The minimum absolute atomic E-state index is 0.0307. The molecule has 1 heterocycles. The van der Waals surface area contributed by atoms with E-state index in [0.29, 0.717) is 32.2 Å². The van der Waals surface area contributed by atoms with Gasteiger partial charge in [-0.3, -0.25) is 4.79 Å². The van der Waals surface area contributed by atoms with Crippen molar-refractivity contribution in [3.63, 3.8) is 0 Å². The van der Waals surface area contributed by atoms with E-state index in [1.807, 2.05) is 12.1 Å². The van der Waals surface area contributed by atoms with E-state index in [9.17, 15) is 19.5 Å². The largest absolute Gasteiger partial charge is 0.479 e. The van der Waals surface area contributed by atoms with Gasteiger partial charge in [-0.25, -0.2) is 9.59 Å². The van der Waals surface area contributed by atoms with Crippen LogP contribution in [0.1, 0.15) is 22.2 Å². The van der Waals surface area contributed by atoms with Crippen molar-refractivity contribution in [1.82, 2.24) is 0 Å². The molecule has 166 valence electrons. The zero-order valence-corrected chi connectivity index (χ0v) is 19.8. The fourth-order valence-corrected chi connectivity index (χ4v) is 5.00. The van der Waals surface area contributed by atoms with E-state index >= 15 is 0 Å². The van der Waals surface area contributed by atoms with Crippen LogP contribution < -0.4 is 9.64 Å². The maximum absolute atomic E-state index is 12.3. The van der Waals surface area contributed by atoms with Crippen LogP contribution in [0.25, 0.3) is 10.4 Å². The number of halogens is 2. The van der Waals surface area contributed by atoms with E-state index < -0.39 is 18.5 Å². The lowest BCUT2D eigenvalue weighted by Gasteiger charge is -2.21. The Morgan fingerprint density at radius 2 is 1.81 bits per heavy atom. The average molecular weight is 539 g/mol. The summed E-state index contributed by atoms with van der Waals surface area (Å²) in [5.41, 5.74) is 2.21. The molecular formula is C22H17BrClNO6S. The van der Waals surface area contributed by atoms with Gasteiger partial charge in [0.15, 0.2) is 17.2 Å². The van der Waals surface area contributed by atoms with Gasteiger partial charge in [0.05, 0.1) is 15.9 Å². The second-order valence-corrected chi connectivity index (χ2v) is 8.92. The quantitative estimate of drug-likeness (QED) is 0.390. The predicted octanol–water partition coefficient (Wildman–Crippen LogP) is 5.55. The monoisotopic (exact) mass is 537 g/mol. The molecule has 7 nitrogen and oxygen atoms in total. The molecular weight excluding hydrogens is 522 g/mol. The number of aliphatic carboxylic acids is 1.